The third kappa shape index (κ3) is 3.38. The van der Waals surface area contributed by atoms with Gasteiger partial charge in [0.05, 0.1) is 13.2 Å². The zero-order chi connectivity index (χ0) is 16.9. The van der Waals surface area contributed by atoms with Crippen molar-refractivity contribution in [3.05, 3.63) is 35.6 Å². The van der Waals surface area contributed by atoms with Gasteiger partial charge in [-0.25, -0.2) is 4.98 Å². The Bertz CT molecular complexity index is 703. The number of hydrogen-bond acceptors (Lipinski definition) is 7. The van der Waals surface area contributed by atoms with Gasteiger partial charge in [-0.05, 0) is 6.42 Å². The highest BCUT2D eigenvalue weighted by Gasteiger charge is 2.30. The fourth-order valence-electron chi connectivity index (χ4n) is 2.72. The second kappa shape index (κ2) is 7.39. The van der Waals surface area contributed by atoms with E-state index in [1.807, 2.05) is 0 Å². The zero-order valence-electron chi connectivity index (χ0n) is 13.9. The van der Waals surface area contributed by atoms with Crippen LogP contribution in [-0.2, 0) is 11.2 Å². The molecule has 1 fully saturated rings. The van der Waals surface area contributed by atoms with Gasteiger partial charge in [0.2, 0.25) is 0 Å². The van der Waals surface area contributed by atoms with E-state index in [2.05, 4.69) is 27.4 Å². The van der Waals surface area contributed by atoms with E-state index in [1.165, 1.54) is 0 Å². The maximum Gasteiger partial charge on any atom is 0.276 e. The van der Waals surface area contributed by atoms with Crippen LogP contribution in [0.5, 0.6) is 0 Å². The summed E-state index contributed by atoms with van der Waals surface area (Å²) in [5.41, 5.74) is 1.04. The number of hydrogen-bond donors (Lipinski definition) is 1. The number of aryl methyl sites for hydroxylation is 1. The van der Waals surface area contributed by atoms with Crippen molar-refractivity contribution < 1.29 is 14.1 Å². The first-order valence-corrected chi connectivity index (χ1v) is 8.08. The summed E-state index contributed by atoms with van der Waals surface area (Å²) in [5, 5.41) is 6.90. The summed E-state index contributed by atoms with van der Waals surface area (Å²) in [5.74, 6) is 1.24. The minimum Gasteiger partial charge on any atom is -0.372 e. The highest BCUT2D eigenvalue weighted by atomic mass is 16.5. The van der Waals surface area contributed by atoms with Crippen LogP contribution < -0.4 is 5.32 Å². The van der Waals surface area contributed by atoms with Crippen molar-refractivity contribution in [3.8, 4) is 0 Å². The molecular weight excluding hydrogens is 310 g/mol. The lowest BCUT2D eigenvalue weighted by Crippen LogP contribution is -2.42. The van der Waals surface area contributed by atoms with Crippen LogP contribution in [0.15, 0.2) is 23.0 Å². The summed E-state index contributed by atoms with van der Waals surface area (Å²) in [4.78, 5) is 22.9. The Balaban J connectivity index is 1.73. The zero-order valence-corrected chi connectivity index (χ0v) is 13.9. The van der Waals surface area contributed by atoms with Gasteiger partial charge in [-0.2, -0.15) is 0 Å². The third-order valence-corrected chi connectivity index (χ3v) is 3.90. The topological polar surface area (TPSA) is 93.4 Å². The van der Waals surface area contributed by atoms with E-state index in [0.29, 0.717) is 36.9 Å². The molecule has 2 aromatic heterocycles. The molecule has 1 N–H and O–H groups in total. The van der Waals surface area contributed by atoms with Crippen LogP contribution in [0.2, 0.25) is 0 Å². The molecule has 2 aromatic rings. The lowest BCUT2D eigenvalue weighted by Gasteiger charge is -2.32. The molecule has 0 bridgehead atoms. The molecule has 0 radical (unpaired) electrons. The molecule has 0 aromatic carbocycles. The number of rotatable bonds is 5. The molecule has 128 valence electrons. The van der Waals surface area contributed by atoms with Crippen LogP contribution in [-0.4, -0.2) is 52.7 Å². The molecule has 24 heavy (non-hydrogen) atoms. The molecule has 8 heteroatoms. The van der Waals surface area contributed by atoms with E-state index in [1.54, 1.807) is 30.4 Å². The van der Waals surface area contributed by atoms with E-state index in [0.717, 1.165) is 18.6 Å². The summed E-state index contributed by atoms with van der Waals surface area (Å²) >= 11 is 0. The number of ether oxygens (including phenoxy) is 1. The molecule has 1 atom stereocenters. The molecule has 8 nitrogen and oxygen atoms in total. The van der Waals surface area contributed by atoms with Crippen molar-refractivity contribution in [3.63, 3.8) is 0 Å². The van der Waals surface area contributed by atoms with E-state index in [4.69, 9.17) is 9.26 Å². The Morgan fingerprint density at radius 3 is 3.04 bits per heavy atom. The molecule has 1 aliphatic heterocycles. The predicted octanol–water partition coefficient (Wildman–Crippen LogP) is 1.67. The van der Waals surface area contributed by atoms with Gasteiger partial charge >= 0.3 is 0 Å². The fraction of sp³-hybridized carbons (Fsp3) is 0.500. The standard InChI is InChI=1S/C16H21N5O3/c1-3-4-11-9-12(20-24-11)16(22)21-7-8-23-13(10-21)14-15(17-2)19-6-5-18-14/h5-6,9,13H,3-4,7-8,10H2,1-2H3,(H,17,19). The summed E-state index contributed by atoms with van der Waals surface area (Å²) in [6.07, 6.45) is 4.64. The van der Waals surface area contributed by atoms with Crippen LogP contribution in [0.25, 0.3) is 0 Å². The van der Waals surface area contributed by atoms with E-state index in [-0.39, 0.29) is 12.0 Å². The number of carbonyl (C=O) groups is 1. The Kier molecular flexibility index (Phi) is 5.05. The Morgan fingerprint density at radius 1 is 1.42 bits per heavy atom. The van der Waals surface area contributed by atoms with Gasteiger partial charge in [-0.15, -0.1) is 0 Å². The molecular formula is C16H21N5O3. The lowest BCUT2D eigenvalue weighted by atomic mass is 10.1. The molecule has 1 unspecified atom stereocenters. The highest BCUT2D eigenvalue weighted by molar-refractivity contribution is 5.92. The lowest BCUT2D eigenvalue weighted by molar-refractivity contribution is -0.0248. The van der Waals surface area contributed by atoms with Crippen LogP contribution in [0.3, 0.4) is 0 Å². The van der Waals surface area contributed by atoms with Crippen molar-refractivity contribution >= 4 is 11.7 Å². The highest BCUT2D eigenvalue weighted by Crippen LogP contribution is 2.25. The van der Waals surface area contributed by atoms with Gasteiger partial charge in [0, 0.05) is 38.5 Å². The molecule has 1 aliphatic rings. The number of anilines is 1. The van der Waals surface area contributed by atoms with Crippen LogP contribution >= 0.6 is 0 Å². The second-order valence-corrected chi connectivity index (χ2v) is 5.58. The average molecular weight is 331 g/mol. The Morgan fingerprint density at radius 2 is 2.25 bits per heavy atom. The Labute approximate surface area is 140 Å². The predicted molar refractivity (Wildman–Crippen MR) is 86.7 cm³/mol. The largest absolute Gasteiger partial charge is 0.372 e. The number of amides is 1. The molecule has 1 amide bonds. The molecule has 0 aliphatic carbocycles. The average Bonchev–Trinajstić information content (AvgIpc) is 3.10. The number of nitrogens with zero attached hydrogens (tertiary/aromatic N) is 4. The van der Waals surface area contributed by atoms with Gasteiger partial charge < -0.3 is 19.5 Å². The molecule has 1 saturated heterocycles. The minimum atomic E-state index is -0.319. The van der Waals surface area contributed by atoms with Crippen LogP contribution in [0, 0.1) is 0 Å². The number of nitrogens with one attached hydrogen (secondary N) is 1. The number of morpholine rings is 1. The third-order valence-electron chi connectivity index (χ3n) is 3.90. The van der Waals surface area contributed by atoms with Gasteiger partial charge in [-0.3, -0.25) is 9.78 Å². The van der Waals surface area contributed by atoms with Crippen molar-refractivity contribution in [1.29, 1.82) is 0 Å². The van der Waals surface area contributed by atoms with Crippen molar-refractivity contribution in [1.82, 2.24) is 20.0 Å². The van der Waals surface area contributed by atoms with E-state index >= 15 is 0 Å². The maximum absolute atomic E-state index is 12.6. The van der Waals surface area contributed by atoms with Crippen LogP contribution in [0.4, 0.5) is 5.82 Å². The normalized spacial score (nSPS) is 17.8. The van der Waals surface area contributed by atoms with Gasteiger partial charge in [0.25, 0.3) is 5.91 Å². The first-order chi connectivity index (χ1) is 11.7. The maximum atomic E-state index is 12.6. The molecule has 3 rings (SSSR count). The first-order valence-electron chi connectivity index (χ1n) is 8.08. The van der Waals surface area contributed by atoms with Gasteiger partial charge in [-0.1, -0.05) is 12.1 Å². The summed E-state index contributed by atoms with van der Waals surface area (Å²) in [7, 11) is 1.78. The summed E-state index contributed by atoms with van der Waals surface area (Å²) < 4.78 is 11.0. The van der Waals surface area contributed by atoms with Crippen molar-refractivity contribution in [2.24, 2.45) is 0 Å². The van der Waals surface area contributed by atoms with Crippen molar-refractivity contribution in [2.75, 3.05) is 32.1 Å². The van der Waals surface area contributed by atoms with Gasteiger partial charge in [0.15, 0.2) is 5.69 Å². The van der Waals surface area contributed by atoms with Crippen molar-refractivity contribution in [2.45, 2.75) is 25.9 Å². The second-order valence-electron chi connectivity index (χ2n) is 5.58. The summed E-state index contributed by atoms with van der Waals surface area (Å²) in [6.45, 7) is 3.41. The van der Waals surface area contributed by atoms with E-state index < -0.39 is 0 Å². The molecule has 3 heterocycles. The number of carbonyl (C=O) groups excluding carboxylic acids is 1. The van der Waals surface area contributed by atoms with E-state index in [9.17, 15) is 4.79 Å². The Hall–Kier alpha value is -2.48. The first kappa shape index (κ1) is 16.4. The molecule has 0 spiro atoms. The molecule has 0 saturated carbocycles. The smallest absolute Gasteiger partial charge is 0.276 e. The quantitative estimate of drug-likeness (QED) is 0.890. The van der Waals surface area contributed by atoms with Gasteiger partial charge in [0.1, 0.15) is 23.4 Å². The minimum absolute atomic E-state index is 0.149. The monoisotopic (exact) mass is 331 g/mol. The fourth-order valence-corrected chi connectivity index (χ4v) is 2.72. The summed E-state index contributed by atoms with van der Waals surface area (Å²) in [6, 6.07) is 1.72. The SMILES string of the molecule is CCCc1cc(C(=O)N2CCOC(c3nccnc3NC)C2)no1. The van der Waals surface area contributed by atoms with Crippen LogP contribution in [0.1, 0.15) is 41.4 Å². The number of aromatic nitrogens is 3.